The van der Waals surface area contributed by atoms with Crippen LogP contribution in [0, 0.1) is 17.5 Å². The fourth-order valence-corrected chi connectivity index (χ4v) is 6.77. The van der Waals surface area contributed by atoms with E-state index < -0.39 is 41.3 Å². The molecule has 2 aliphatic rings. The lowest BCUT2D eigenvalue weighted by molar-refractivity contribution is 0.0919. The minimum atomic E-state index is -0.809. The molecule has 0 saturated carbocycles. The summed E-state index contributed by atoms with van der Waals surface area (Å²) in [4.78, 5) is 47.1. The van der Waals surface area contributed by atoms with Crippen LogP contribution >= 0.6 is 24.4 Å². The number of halogens is 3. The van der Waals surface area contributed by atoms with Gasteiger partial charge in [0.25, 0.3) is 11.8 Å². The normalized spacial score (nSPS) is 16.3. The molecule has 8 rings (SSSR count). The fraction of sp³-hybridized carbons (Fsp3) is 0.211. The number of nitrogens with zero attached hydrogens (tertiary/aromatic N) is 10. The molecule has 2 N–H and O–H groups in total. The second kappa shape index (κ2) is 16.2. The van der Waals surface area contributed by atoms with Gasteiger partial charge in [0, 0.05) is 43.2 Å². The van der Waals surface area contributed by atoms with Gasteiger partial charge in [-0.3, -0.25) is 9.59 Å². The summed E-state index contributed by atoms with van der Waals surface area (Å²) in [6.07, 6.45) is 5.70. The molecular formula is C38H31F3N12O4S2. The van der Waals surface area contributed by atoms with Crippen LogP contribution in [0.15, 0.2) is 79.6 Å². The molecule has 0 saturated heterocycles. The summed E-state index contributed by atoms with van der Waals surface area (Å²) in [5.41, 5.74) is 1.12. The molecule has 2 unspecified atom stereocenters. The van der Waals surface area contributed by atoms with Crippen LogP contribution < -0.4 is 29.9 Å². The lowest BCUT2D eigenvalue weighted by atomic mass is 10.0. The summed E-state index contributed by atoms with van der Waals surface area (Å²) in [5, 5.41) is 13.9. The number of fused-ring (bicyclic) bond motifs is 2. The molecular weight excluding hydrogens is 810 g/mol. The summed E-state index contributed by atoms with van der Waals surface area (Å²) in [6, 6.07) is 11.9. The number of carbonyl (C=O) groups excluding carboxylic acids is 2. The summed E-state index contributed by atoms with van der Waals surface area (Å²) in [6.45, 7) is -0.281. The molecule has 2 aromatic carbocycles. The summed E-state index contributed by atoms with van der Waals surface area (Å²) in [7, 11) is 3.41. The van der Waals surface area contributed by atoms with Crippen LogP contribution in [0.3, 0.4) is 0 Å². The average molecular weight is 841 g/mol. The van der Waals surface area contributed by atoms with E-state index in [1.54, 1.807) is 66.6 Å². The molecule has 4 aromatic heterocycles. The quantitative estimate of drug-likeness (QED) is 0.202. The zero-order valence-electron chi connectivity index (χ0n) is 31.0. The molecule has 21 heteroatoms. The average Bonchev–Trinajstić information content (AvgIpc) is 3.88. The predicted octanol–water partition coefficient (Wildman–Crippen LogP) is 3.75. The Balaban J connectivity index is 0.894. The number of hydrogen-bond donors (Lipinski definition) is 2. The van der Waals surface area contributed by atoms with Crippen LogP contribution in [0.25, 0.3) is 11.1 Å². The first-order valence-electron chi connectivity index (χ1n) is 17.8. The number of anilines is 2. The van der Waals surface area contributed by atoms with E-state index in [2.05, 4.69) is 40.8 Å². The maximum absolute atomic E-state index is 15.6. The van der Waals surface area contributed by atoms with Gasteiger partial charge in [-0.15, -0.1) is 10.2 Å². The Morgan fingerprint density at radius 3 is 1.93 bits per heavy atom. The maximum Gasteiger partial charge on any atom is 0.291 e. The lowest BCUT2D eigenvalue weighted by Gasteiger charge is -2.22. The topological polar surface area (TPSA) is 170 Å². The van der Waals surface area contributed by atoms with Crippen molar-refractivity contribution in [2.45, 2.75) is 25.2 Å². The lowest BCUT2D eigenvalue weighted by Crippen LogP contribution is -2.48. The highest BCUT2D eigenvalue weighted by Crippen LogP contribution is 2.34. The number of rotatable bonds is 9. The first kappa shape index (κ1) is 39.0. The van der Waals surface area contributed by atoms with Gasteiger partial charge in [-0.2, -0.15) is 0 Å². The van der Waals surface area contributed by atoms with Crippen LogP contribution in [0.5, 0.6) is 11.5 Å². The van der Waals surface area contributed by atoms with Gasteiger partial charge in [0.05, 0.1) is 13.1 Å². The van der Waals surface area contributed by atoms with Crippen molar-refractivity contribution >= 4 is 57.9 Å². The van der Waals surface area contributed by atoms with E-state index in [9.17, 15) is 18.4 Å². The van der Waals surface area contributed by atoms with Crippen LogP contribution in [0.4, 0.5) is 24.8 Å². The Labute approximate surface area is 344 Å². The van der Waals surface area contributed by atoms with Gasteiger partial charge in [0.1, 0.15) is 65.4 Å². The van der Waals surface area contributed by atoms with E-state index in [4.69, 9.17) is 33.9 Å². The number of pyridine rings is 2. The fourth-order valence-electron chi connectivity index (χ4n) is 6.34. The largest absolute Gasteiger partial charge is 0.487 e. The zero-order chi connectivity index (χ0) is 41.4. The number of likely N-dealkylation sites (N-methyl/N-ethyl adjacent to an activating group) is 2. The zero-order valence-corrected chi connectivity index (χ0v) is 32.7. The minimum Gasteiger partial charge on any atom is -0.487 e. The van der Waals surface area contributed by atoms with Crippen molar-refractivity contribution in [3.63, 3.8) is 0 Å². The van der Waals surface area contributed by atoms with Crippen molar-refractivity contribution in [1.82, 2.24) is 50.1 Å². The van der Waals surface area contributed by atoms with Crippen molar-refractivity contribution in [2.75, 3.05) is 37.1 Å². The van der Waals surface area contributed by atoms with Gasteiger partial charge in [0.15, 0.2) is 23.1 Å². The van der Waals surface area contributed by atoms with Crippen molar-refractivity contribution in [1.29, 1.82) is 0 Å². The van der Waals surface area contributed by atoms with Gasteiger partial charge in [-0.05, 0) is 42.0 Å². The molecule has 59 heavy (non-hydrogen) atoms. The molecule has 16 nitrogen and oxygen atoms in total. The number of nitrogens with one attached hydrogen (secondary N) is 2. The first-order valence-corrected chi connectivity index (χ1v) is 18.6. The van der Waals surface area contributed by atoms with E-state index in [0.29, 0.717) is 39.3 Å². The van der Waals surface area contributed by atoms with Crippen LogP contribution in [0.2, 0.25) is 0 Å². The van der Waals surface area contributed by atoms with Crippen LogP contribution in [0.1, 0.15) is 32.4 Å². The Morgan fingerprint density at radius 1 is 0.712 bits per heavy atom. The number of benzene rings is 2. The maximum atomic E-state index is 15.6. The smallest absolute Gasteiger partial charge is 0.291 e. The number of amides is 2. The Kier molecular flexibility index (Phi) is 10.7. The first-order chi connectivity index (χ1) is 28.4. The summed E-state index contributed by atoms with van der Waals surface area (Å²) < 4.78 is 58.2. The third-order valence-electron chi connectivity index (χ3n) is 9.48. The number of carbonyl (C=O) groups is 2. The van der Waals surface area contributed by atoms with Crippen molar-refractivity contribution < 1.29 is 32.2 Å². The third-order valence-corrected chi connectivity index (χ3v) is 10.6. The van der Waals surface area contributed by atoms with Gasteiger partial charge in [-0.25, -0.2) is 42.5 Å². The van der Waals surface area contributed by atoms with Crippen LogP contribution in [-0.4, -0.2) is 101 Å². The van der Waals surface area contributed by atoms with Gasteiger partial charge in [0.2, 0.25) is 11.6 Å². The molecule has 0 spiro atoms. The SMILES string of the molecule is CN1C(=S)C(NC(=O)c2ncn(Cc3ccc(-c4cnc5c(c4)OCC(NC(=O)c4ncn(Cc6c(F)cccc6F)n4)C(=S)N5C)cc3F)n2)COc2cccnc21. The summed E-state index contributed by atoms with van der Waals surface area (Å²) in [5.74, 6) is -1.89. The number of aromatic nitrogens is 8. The Morgan fingerprint density at radius 2 is 1.31 bits per heavy atom. The van der Waals surface area contributed by atoms with Crippen LogP contribution in [-0.2, 0) is 13.1 Å². The Hall–Kier alpha value is -6.87. The van der Waals surface area contributed by atoms with Crippen molar-refractivity contribution in [3.05, 3.63) is 120 Å². The highest BCUT2D eigenvalue weighted by Gasteiger charge is 2.31. The van der Waals surface area contributed by atoms with Crippen molar-refractivity contribution in [2.24, 2.45) is 0 Å². The monoisotopic (exact) mass is 840 g/mol. The molecule has 300 valence electrons. The van der Waals surface area contributed by atoms with E-state index in [1.165, 1.54) is 29.5 Å². The number of hydrogen-bond acceptors (Lipinski definition) is 12. The number of ether oxygens (including phenoxy) is 2. The molecule has 0 fully saturated rings. The highest BCUT2D eigenvalue weighted by atomic mass is 32.1. The molecule has 6 heterocycles. The molecule has 2 amide bonds. The molecule has 0 radical (unpaired) electrons. The Bertz CT molecular complexity index is 2620. The van der Waals surface area contributed by atoms with E-state index in [1.807, 2.05) is 0 Å². The molecule has 2 atom stereocenters. The molecule has 0 bridgehead atoms. The molecule has 0 aliphatic carbocycles. The highest BCUT2D eigenvalue weighted by molar-refractivity contribution is 7.81. The molecule has 6 aromatic rings. The second-order valence-corrected chi connectivity index (χ2v) is 14.2. The molecule has 2 aliphatic heterocycles. The van der Waals surface area contributed by atoms with Gasteiger partial charge >= 0.3 is 0 Å². The predicted molar refractivity (Wildman–Crippen MR) is 214 cm³/mol. The van der Waals surface area contributed by atoms with Crippen molar-refractivity contribution in [3.8, 4) is 22.6 Å². The van der Waals surface area contributed by atoms with Gasteiger partial charge < -0.3 is 29.9 Å². The van der Waals surface area contributed by atoms with E-state index in [0.717, 1.165) is 16.8 Å². The third kappa shape index (κ3) is 8.01. The number of thiocarbonyl (C=S) groups is 2. The van der Waals surface area contributed by atoms with Gasteiger partial charge in [-0.1, -0.05) is 42.6 Å². The second-order valence-electron chi connectivity index (χ2n) is 13.4. The summed E-state index contributed by atoms with van der Waals surface area (Å²) >= 11 is 11.2. The van der Waals surface area contributed by atoms with E-state index in [-0.39, 0.29) is 54.1 Å². The van der Waals surface area contributed by atoms with E-state index >= 15 is 4.39 Å². The minimum absolute atomic E-state index is 0.0121. The standard InChI is InChI=1S/C38H31F3N12O4S2/c1-50-33-29(7-4-10-42-33)56-16-27(37(50)58)46-35(54)31-44-18-52(48-31)14-21-9-8-20(11-26(21)41)22-12-30-34(43-13-22)51(2)38(59)28(17-57-30)47-36(55)32-45-19-53(49-32)15-23-24(39)5-3-6-25(23)40/h3-13,18-19,27-28H,14-17H2,1-2H3,(H,46,54)(H,47,55).